The molecular formula is C18H22ClN3O2S. The predicted octanol–water partition coefficient (Wildman–Crippen LogP) is 3.12. The van der Waals surface area contributed by atoms with Gasteiger partial charge in [-0.1, -0.05) is 18.5 Å². The highest BCUT2D eigenvalue weighted by molar-refractivity contribution is 7.09. The van der Waals surface area contributed by atoms with Gasteiger partial charge in [-0.2, -0.15) is 0 Å². The average molecular weight is 380 g/mol. The summed E-state index contributed by atoms with van der Waals surface area (Å²) in [6.45, 7) is 4.65. The van der Waals surface area contributed by atoms with Gasteiger partial charge in [0.15, 0.2) is 0 Å². The number of hydrogen-bond donors (Lipinski definition) is 1. The Bertz CT molecular complexity index is 734. The summed E-state index contributed by atoms with van der Waals surface area (Å²) in [7, 11) is 0. The molecule has 1 unspecified atom stereocenters. The molecule has 1 saturated heterocycles. The van der Waals surface area contributed by atoms with Crippen LogP contribution in [0.15, 0.2) is 29.6 Å². The van der Waals surface area contributed by atoms with E-state index in [0.717, 1.165) is 36.0 Å². The van der Waals surface area contributed by atoms with Crippen LogP contribution in [0.1, 0.15) is 24.0 Å². The summed E-state index contributed by atoms with van der Waals surface area (Å²) >= 11 is 7.36. The quantitative estimate of drug-likeness (QED) is 0.837. The van der Waals surface area contributed by atoms with E-state index in [1.807, 2.05) is 22.4 Å². The van der Waals surface area contributed by atoms with Crippen LogP contribution < -0.4 is 10.5 Å². The molecule has 3 rings (SSSR count). The molecule has 1 amide bonds. The number of benzene rings is 1. The highest BCUT2D eigenvalue weighted by atomic mass is 35.5. The largest absolute Gasteiger partial charge is 0.486 e. The predicted molar refractivity (Wildman–Crippen MR) is 100.0 cm³/mol. The maximum absolute atomic E-state index is 12.4. The number of rotatable bonds is 6. The van der Waals surface area contributed by atoms with E-state index in [0.29, 0.717) is 24.6 Å². The minimum absolute atomic E-state index is 0.0509. The van der Waals surface area contributed by atoms with Crippen LogP contribution >= 0.6 is 22.9 Å². The third-order valence-electron chi connectivity index (χ3n) is 4.51. The number of halogens is 1. The molecule has 1 aliphatic heterocycles. The van der Waals surface area contributed by atoms with E-state index in [1.165, 1.54) is 11.3 Å². The number of nitrogens with zero attached hydrogens (tertiary/aromatic N) is 2. The molecule has 7 heteroatoms. The molecule has 1 aliphatic rings. The van der Waals surface area contributed by atoms with Crippen LogP contribution in [0.5, 0.6) is 5.75 Å². The van der Waals surface area contributed by atoms with Gasteiger partial charge in [-0.15, -0.1) is 11.3 Å². The third kappa shape index (κ3) is 4.71. The first-order valence-corrected chi connectivity index (χ1v) is 9.53. The first-order valence-electron chi connectivity index (χ1n) is 8.27. The van der Waals surface area contributed by atoms with E-state index < -0.39 is 0 Å². The van der Waals surface area contributed by atoms with Gasteiger partial charge in [-0.25, -0.2) is 4.98 Å². The molecule has 134 valence electrons. The molecular weight excluding hydrogens is 358 g/mol. The Morgan fingerprint density at radius 1 is 1.44 bits per heavy atom. The van der Waals surface area contributed by atoms with E-state index in [-0.39, 0.29) is 11.3 Å². The summed E-state index contributed by atoms with van der Waals surface area (Å²) in [6.07, 6.45) is 1.30. The van der Waals surface area contributed by atoms with Crippen molar-refractivity contribution >= 4 is 28.8 Å². The molecule has 0 radical (unpaired) electrons. The number of ether oxygens (including phenoxy) is 1. The van der Waals surface area contributed by atoms with Gasteiger partial charge in [0.2, 0.25) is 5.91 Å². The van der Waals surface area contributed by atoms with Crippen LogP contribution in [-0.2, 0) is 17.8 Å². The minimum Gasteiger partial charge on any atom is -0.486 e. The zero-order valence-corrected chi connectivity index (χ0v) is 15.8. The van der Waals surface area contributed by atoms with Crippen LogP contribution in [0.3, 0.4) is 0 Å². The zero-order valence-electron chi connectivity index (χ0n) is 14.2. The van der Waals surface area contributed by atoms with Crippen molar-refractivity contribution in [1.82, 2.24) is 9.88 Å². The van der Waals surface area contributed by atoms with Crippen LogP contribution in [0.4, 0.5) is 0 Å². The summed E-state index contributed by atoms with van der Waals surface area (Å²) in [5.74, 6) is 0.864. The molecule has 2 N–H and O–H groups in total. The maximum atomic E-state index is 12.4. The zero-order chi connectivity index (χ0) is 17.9. The van der Waals surface area contributed by atoms with Gasteiger partial charge in [0.05, 0.1) is 12.1 Å². The second kappa shape index (κ2) is 7.72. The van der Waals surface area contributed by atoms with Crippen molar-refractivity contribution in [2.45, 2.75) is 26.4 Å². The van der Waals surface area contributed by atoms with Crippen LogP contribution in [0, 0.1) is 5.41 Å². The number of likely N-dealkylation sites (tertiary alicyclic amines) is 1. The summed E-state index contributed by atoms with van der Waals surface area (Å²) in [5, 5.41) is 3.46. The Morgan fingerprint density at radius 3 is 2.88 bits per heavy atom. The van der Waals surface area contributed by atoms with Gasteiger partial charge in [-0.3, -0.25) is 4.79 Å². The van der Waals surface area contributed by atoms with Crippen LogP contribution in [0.2, 0.25) is 5.02 Å². The second-order valence-corrected chi connectivity index (χ2v) is 8.11. The van der Waals surface area contributed by atoms with Gasteiger partial charge in [0.1, 0.15) is 17.4 Å². The van der Waals surface area contributed by atoms with E-state index in [2.05, 4.69) is 11.9 Å². The Balaban J connectivity index is 1.51. The number of amides is 1. The Morgan fingerprint density at radius 2 is 2.20 bits per heavy atom. The van der Waals surface area contributed by atoms with Gasteiger partial charge in [0, 0.05) is 23.5 Å². The number of nitrogens with two attached hydrogens (primary N) is 1. The van der Waals surface area contributed by atoms with Crippen LogP contribution in [-0.4, -0.2) is 35.4 Å². The molecule has 1 atom stereocenters. The summed E-state index contributed by atoms with van der Waals surface area (Å²) in [5.41, 5.74) is 6.65. The van der Waals surface area contributed by atoms with Gasteiger partial charge < -0.3 is 15.4 Å². The standard InChI is InChI=1S/C18H22ClN3O2S/c1-18(11-20)6-7-22(12-18)17(23)8-14-10-25-16(21-14)9-24-15-4-2-13(19)3-5-15/h2-5,10H,6-9,11-12,20H2,1H3. The lowest BCUT2D eigenvalue weighted by Crippen LogP contribution is -2.35. The van der Waals surface area contributed by atoms with E-state index in [1.54, 1.807) is 12.1 Å². The molecule has 0 aliphatic carbocycles. The first kappa shape index (κ1) is 18.2. The van der Waals surface area contributed by atoms with Gasteiger partial charge in [0.25, 0.3) is 0 Å². The topological polar surface area (TPSA) is 68.5 Å². The fourth-order valence-corrected chi connectivity index (χ4v) is 3.67. The summed E-state index contributed by atoms with van der Waals surface area (Å²) in [4.78, 5) is 18.8. The minimum atomic E-state index is 0.0509. The monoisotopic (exact) mass is 379 g/mol. The molecule has 1 aromatic heterocycles. The average Bonchev–Trinajstić information content (AvgIpc) is 3.22. The fourth-order valence-electron chi connectivity index (χ4n) is 2.84. The molecule has 5 nitrogen and oxygen atoms in total. The highest BCUT2D eigenvalue weighted by Gasteiger charge is 2.34. The lowest BCUT2D eigenvalue weighted by Gasteiger charge is -2.22. The Labute approximate surface area is 156 Å². The van der Waals surface area contributed by atoms with Crippen LogP contribution in [0.25, 0.3) is 0 Å². The smallest absolute Gasteiger partial charge is 0.228 e. The second-order valence-electron chi connectivity index (χ2n) is 6.73. The highest BCUT2D eigenvalue weighted by Crippen LogP contribution is 2.29. The van der Waals surface area contributed by atoms with Crippen molar-refractivity contribution in [2.75, 3.05) is 19.6 Å². The SMILES string of the molecule is CC1(CN)CCN(C(=O)Cc2csc(COc3ccc(Cl)cc3)n2)C1. The third-order valence-corrected chi connectivity index (χ3v) is 5.63. The molecule has 2 heterocycles. The lowest BCUT2D eigenvalue weighted by molar-refractivity contribution is -0.129. The molecule has 0 bridgehead atoms. The fraction of sp³-hybridized carbons (Fsp3) is 0.444. The van der Waals surface area contributed by atoms with Crippen molar-refractivity contribution in [1.29, 1.82) is 0 Å². The number of aromatic nitrogens is 1. The summed E-state index contributed by atoms with van der Waals surface area (Å²) in [6, 6.07) is 7.21. The Kier molecular flexibility index (Phi) is 5.61. The van der Waals surface area contributed by atoms with E-state index >= 15 is 0 Å². The normalized spacial score (nSPS) is 20.0. The van der Waals surface area contributed by atoms with Gasteiger partial charge >= 0.3 is 0 Å². The van der Waals surface area contributed by atoms with Crippen molar-refractivity contribution in [3.8, 4) is 5.75 Å². The first-order chi connectivity index (χ1) is 12.0. The van der Waals surface area contributed by atoms with Crippen molar-refractivity contribution in [3.63, 3.8) is 0 Å². The molecule has 2 aromatic rings. The molecule has 0 spiro atoms. The number of thiazole rings is 1. The van der Waals surface area contributed by atoms with Crippen molar-refractivity contribution < 1.29 is 9.53 Å². The van der Waals surface area contributed by atoms with Gasteiger partial charge in [-0.05, 0) is 42.6 Å². The lowest BCUT2D eigenvalue weighted by atomic mass is 9.90. The maximum Gasteiger partial charge on any atom is 0.228 e. The number of carbonyl (C=O) groups excluding carboxylic acids is 1. The molecule has 1 aromatic carbocycles. The Hall–Kier alpha value is -1.63. The molecule has 25 heavy (non-hydrogen) atoms. The number of hydrogen-bond acceptors (Lipinski definition) is 5. The van der Waals surface area contributed by atoms with Crippen molar-refractivity contribution in [3.05, 3.63) is 45.4 Å². The number of carbonyl (C=O) groups is 1. The van der Waals surface area contributed by atoms with E-state index in [9.17, 15) is 4.79 Å². The molecule has 1 fully saturated rings. The molecule has 0 saturated carbocycles. The van der Waals surface area contributed by atoms with Crippen molar-refractivity contribution in [2.24, 2.45) is 11.1 Å². The van der Waals surface area contributed by atoms with E-state index in [4.69, 9.17) is 22.1 Å². The summed E-state index contributed by atoms with van der Waals surface area (Å²) < 4.78 is 5.69.